The summed E-state index contributed by atoms with van der Waals surface area (Å²) in [5, 5.41) is 0.261. The maximum atomic E-state index is 13.1. The number of nitrogens with one attached hydrogen (secondary N) is 1. The summed E-state index contributed by atoms with van der Waals surface area (Å²) in [6.07, 6.45) is 7.41. The topological polar surface area (TPSA) is 42.1 Å². The summed E-state index contributed by atoms with van der Waals surface area (Å²) in [7, 11) is 1.55. The molecule has 25 heavy (non-hydrogen) atoms. The molecule has 0 amide bonds. The van der Waals surface area contributed by atoms with E-state index in [2.05, 4.69) is 48.6 Å². The largest absolute Gasteiger partial charge is 0.469 e. The van der Waals surface area contributed by atoms with Crippen molar-refractivity contribution in [3.05, 3.63) is 58.9 Å². The molecule has 3 nitrogen and oxygen atoms in total. The van der Waals surface area contributed by atoms with Crippen LogP contribution in [0.2, 0.25) is 0 Å². The molecule has 3 aliphatic carbocycles. The number of ether oxygens (including phenoxy) is 1. The number of benzene rings is 1. The lowest BCUT2D eigenvalue weighted by atomic mass is 9.46. The van der Waals surface area contributed by atoms with Gasteiger partial charge in [0.15, 0.2) is 0 Å². The van der Waals surface area contributed by atoms with Gasteiger partial charge in [0, 0.05) is 29.0 Å². The molecule has 6 rings (SSSR count). The van der Waals surface area contributed by atoms with Crippen molar-refractivity contribution < 1.29 is 9.53 Å². The summed E-state index contributed by atoms with van der Waals surface area (Å²) in [5.74, 6) is 1.32. The molecule has 4 unspecified atom stereocenters. The van der Waals surface area contributed by atoms with E-state index in [9.17, 15) is 4.79 Å². The van der Waals surface area contributed by atoms with Crippen LogP contribution in [0, 0.1) is 12.3 Å². The third kappa shape index (κ3) is 1.71. The Balaban J connectivity index is 1.80. The van der Waals surface area contributed by atoms with E-state index in [0.717, 1.165) is 25.0 Å². The summed E-state index contributed by atoms with van der Waals surface area (Å²) in [6, 6.07) is 8.96. The number of rotatable bonds is 2. The Morgan fingerprint density at radius 3 is 2.80 bits per heavy atom. The molecule has 4 heteroatoms. The lowest BCUT2D eigenvalue weighted by Gasteiger charge is -2.58. The maximum absolute atomic E-state index is 13.1. The second-order valence-electron chi connectivity index (χ2n) is 7.79. The van der Waals surface area contributed by atoms with Crippen LogP contribution in [0.1, 0.15) is 47.4 Å². The molecule has 4 aliphatic rings. The van der Waals surface area contributed by atoms with Crippen LogP contribution < -0.4 is 0 Å². The smallest absolute Gasteiger partial charge is 0.313 e. The van der Waals surface area contributed by atoms with E-state index in [1.54, 1.807) is 7.11 Å². The molecular formula is C21H23NO2S. The Kier molecular flexibility index (Phi) is 3.22. The number of methoxy groups -OCH3 is 1. The van der Waals surface area contributed by atoms with Crippen LogP contribution in [0.3, 0.4) is 0 Å². The molecule has 2 fully saturated rings. The number of thioether (sulfide) groups is 1. The van der Waals surface area contributed by atoms with Gasteiger partial charge in [-0.1, -0.05) is 29.8 Å². The predicted octanol–water partition coefficient (Wildman–Crippen LogP) is 4.17. The minimum Gasteiger partial charge on any atom is -0.469 e. The van der Waals surface area contributed by atoms with Crippen LogP contribution in [0.25, 0.3) is 0 Å². The number of carbonyl (C=O) groups excluding carboxylic acids is 1. The van der Waals surface area contributed by atoms with E-state index < -0.39 is 0 Å². The molecule has 4 atom stereocenters. The van der Waals surface area contributed by atoms with Crippen molar-refractivity contribution in [3.63, 3.8) is 0 Å². The van der Waals surface area contributed by atoms with Crippen LogP contribution in [-0.2, 0) is 14.9 Å². The highest BCUT2D eigenvalue weighted by Gasteiger charge is 2.69. The number of H-pyrrole nitrogens is 1. The van der Waals surface area contributed by atoms with E-state index in [4.69, 9.17) is 4.74 Å². The van der Waals surface area contributed by atoms with Crippen molar-refractivity contribution in [2.75, 3.05) is 12.9 Å². The molecule has 1 saturated carbocycles. The standard InChI is InChI=1S/C21H23NO2S/c1-13-3-5-14(6-4-13)20-8-7-16(15-11-22-12-17(15)20)21(19(23)24-2)9-10-25-18(20)21/h3-6,11-12,16,18,22H,7-10H2,1-2H3. The normalized spacial score (nSPS) is 35.3. The minimum absolute atomic E-state index is 0.00413. The molecule has 1 aromatic carbocycles. The fourth-order valence-electron chi connectivity index (χ4n) is 5.93. The lowest BCUT2D eigenvalue weighted by molar-refractivity contribution is -0.157. The Morgan fingerprint density at radius 2 is 2.04 bits per heavy atom. The Labute approximate surface area is 152 Å². The number of carbonyl (C=O) groups is 1. The van der Waals surface area contributed by atoms with Gasteiger partial charge in [-0.3, -0.25) is 4.79 Å². The average molecular weight is 353 g/mol. The van der Waals surface area contributed by atoms with E-state index in [1.807, 2.05) is 11.8 Å². The fourth-order valence-corrected chi connectivity index (χ4v) is 7.96. The first-order valence-corrected chi connectivity index (χ1v) is 10.1. The molecule has 2 aromatic rings. The Morgan fingerprint density at radius 1 is 1.24 bits per heavy atom. The Hall–Kier alpha value is -1.68. The second-order valence-corrected chi connectivity index (χ2v) is 9.00. The molecular weight excluding hydrogens is 330 g/mol. The lowest BCUT2D eigenvalue weighted by Crippen LogP contribution is -2.60. The van der Waals surface area contributed by atoms with Crippen molar-refractivity contribution in [2.24, 2.45) is 5.41 Å². The van der Waals surface area contributed by atoms with Gasteiger partial charge in [-0.05, 0) is 48.6 Å². The van der Waals surface area contributed by atoms with Gasteiger partial charge in [-0.15, -0.1) is 0 Å². The molecule has 2 heterocycles. The number of hydrogen-bond acceptors (Lipinski definition) is 3. The molecule has 1 N–H and O–H groups in total. The van der Waals surface area contributed by atoms with Crippen molar-refractivity contribution in [1.82, 2.24) is 4.98 Å². The molecule has 2 bridgehead atoms. The van der Waals surface area contributed by atoms with Gasteiger partial charge in [0.25, 0.3) is 0 Å². The van der Waals surface area contributed by atoms with Gasteiger partial charge in [0.05, 0.1) is 12.5 Å². The Bertz CT molecular complexity index is 842. The summed E-state index contributed by atoms with van der Waals surface area (Å²) in [5.41, 5.74) is 4.91. The minimum atomic E-state index is -0.377. The predicted molar refractivity (Wildman–Crippen MR) is 100 cm³/mol. The van der Waals surface area contributed by atoms with Crippen LogP contribution in [0.15, 0.2) is 36.7 Å². The van der Waals surface area contributed by atoms with Gasteiger partial charge in [-0.25, -0.2) is 0 Å². The average Bonchev–Trinajstić information content (AvgIpc) is 3.31. The van der Waals surface area contributed by atoms with E-state index >= 15 is 0 Å². The van der Waals surface area contributed by atoms with Gasteiger partial charge in [0.2, 0.25) is 0 Å². The molecule has 0 radical (unpaired) electrons. The number of aromatic amines is 1. The van der Waals surface area contributed by atoms with Crippen LogP contribution in [0.5, 0.6) is 0 Å². The summed E-state index contributed by atoms with van der Waals surface area (Å²) in [4.78, 5) is 16.4. The van der Waals surface area contributed by atoms with Gasteiger partial charge in [0.1, 0.15) is 0 Å². The number of aryl methyl sites for hydroxylation is 1. The maximum Gasteiger partial charge on any atom is 0.313 e. The first-order chi connectivity index (χ1) is 12.1. The van der Waals surface area contributed by atoms with Crippen molar-refractivity contribution >= 4 is 17.7 Å². The number of aromatic nitrogens is 1. The van der Waals surface area contributed by atoms with Crippen molar-refractivity contribution in [2.45, 2.75) is 42.8 Å². The SMILES string of the molecule is COC(=O)C12CCSC1C1(c3ccc(C)cc3)CCC2c2c[nH]cc21. The highest BCUT2D eigenvalue weighted by atomic mass is 32.2. The van der Waals surface area contributed by atoms with Crippen molar-refractivity contribution in [1.29, 1.82) is 0 Å². The van der Waals surface area contributed by atoms with Crippen LogP contribution in [0.4, 0.5) is 0 Å². The molecule has 1 saturated heterocycles. The fraction of sp³-hybridized carbons (Fsp3) is 0.476. The first kappa shape index (κ1) is 15.6. The van der Waals surface area contributed by atoms with Crippen LogP contribution in [-0.4, -0.2) is 29.1 Å². The van der Waals surface area contributed by atoms with Crippen LogP contribution >= 0.6 is 11.8 Å². The van der Waals surface area contributed by atoms with E-state index in [1.165, 1.54) is 22.3 Å². The monoisotopic (exact) mass is 353 g/mol. The summed E-state index contributed by atoms with van der Waals surface area (Å²) < 4.78 is 5.38. The first-order valence-electron chi connectivity index (χ1n) is 9.09. The zero-order valence-electron chi connectivity index (χ0n) is 14.7. The second kappa shape index (κ2) is 5.16. The third-order valence-electron chi connectivity index (χ3n) is 6.93. The zero-order valence-corrected chi connectivity index (χ0v) is 15.5. The zero-order chi connectivity index (χ0) is 17.2. The van der Waals surface area contributed by atoms with Crippen molar-refractivity contribution in [3.8, 4) is 0 Å². The van der Waals surface area contributed by atoms with Gasteiger partial charge in [-0.2, -0.15) is 11.8 Å². The molecule has 130 valence electrons. The highest BCUT2D eigenvalue weighted by molar-refractivity contribution is 8.00. The quantitative estimate of drug-likeness (QED) is 0.824. The van der Waals surface area contributed by atoms with Gasteiger partial charge >= 0.3 is 5.97 Å². The molecule has 1 aliphatic heterocycles. The third-order valence-corrected chi connectivity index (χ3v) is 8.53. The molecule has 1 aromatic heterocycles. The summed E-state index contributed by atoms with van der Waals surface area (Å²) in [6.45, 7) is 2.13. The highest BCUT2D eigenvalue weighted by Crippen LogP contribution is 2.71. The van der Waals surface area contributed by atoms with E-state index in [0.29, 0.717) is 0 Å². The number of hydrogen-bond donors (Lipinski definition) is 1. The van der Waals surface area contributed by atoms with E-state index in [-0.39, 0.29) is 28.0 Å². The summed E-state index contributed by atoms with van der Waals surface area (Å²) >= 11 is 1.98. The van der Waals surface area contributed by atoms with Gasteiger partial charge < -0.3 is 9.72 Å². The molecule has 0 spiro atoms. The number of esters is 1. The number of fused-ring (bicyclic) bond motifs is 1.